The smallest absolute Gasteiger partial charge is 0.163 e. The number of Topliss-reactive ketones (excluding diaryl/α,β-unsaturated/α-hetero) is 1. The Labute approximate surface area is 95.1 Å². The lowest BCUT2D eigenvalue weighted by molar-refractivity contribution is 0.101. The summed E-state index contributed by atoms with van der Waals surface area (Å²) in [6, 6.07) is 4.86. The average molecular weight is 223 g/mol. The number of nitrogens with zero attached hydrogens (tertiary/aromatic N) is 1. The van der Waals surface area contributed by atoms with Crippen LogP contribution in [-0.2, 0) is 0 Å². The summed E-state index contributed by atoms with van der Waals surface area (Å²) in [6.07, 6.45) is -0.445. The first-order valence-electron chi connectivity index (χ1n) is 5.15. The van der Waals surface area contributed by atoms with E-state index in [1.165, 1.54) is 13.0 Å². The molecule has 0 heterocycles. The van der Waals surface area contributed by atoms with Crippen molar-refractivity contribution in [2.45, 2.75) is 20.0 Å². The van der Waals surface area contributed by atoms with Crippen LogP contribution in [0.1, 0.15) is 24.2 Å². The predicted octanol–water partition coefficient (Wildman–Crippen LogP) is 1.41. The molecule has 0 fully saturated rings. The van der Waals surface area contributed by atoms with Crippen LogP contribution in [0.25, 0.3) is 0 Å². The number of phenols is 1. The largest absolute Gasteiger partial charge is 0.507 e. The van der Waals surface area contributed by atoms with Crippen molar-refractivity contribution in [1.29, 1.82) is 0 Å². The van der Waals surface area contributed by atoms with E-state index in [1.807, 2.05) is 11.9 Å². The van der Waals surface area contributed by atoms with Crippen molar-refractivity contribution in [3.05, 3.63) is 23.8 Å². The molecular formula is C12H17NO3. The molecule has 0 aromatic heterocycles. The van der Waals surface area contributed by atoms with Gasteiger partial charge in [-0.05, 0) is 26.0 Å². The molecule has 88 valence electrons. The summed E-state index contributed by atoms with van der Waals surface area (Å²) < 4.78 is 0. The SMILES string of the molecule is CC(=O)c1ccc(N(C)CC(C)O)cc1O. The maximum atomic E-state index is 11.1. The molecule has 1 aromatic carbocycles. The second-order valence-electron chi connectivity index (χ2n) is 3.99. The Kier molecular flexibility index (Phi) is 3.90. The van der Waals surface area contributed by atoms with Gasteiger partial charge in [-0.1, -0.05) is 0 Å². The molecule has 2 N–H and O–H groups in total. The van der Waals surface area contributed by atoms with Crippen LogP contribution in [0.5, 0.6) is 5.75 Å². The summed E-state index contributed by atoms with van der Waals surface area (Å²) in [5.74, 6) is -0.190. The second-order valence-corrected chi connectivity index (χ2v) is 3.99. The molecule has 4 nitrogen and oxygen atoms in total. The molecule has 1 rings (SSSR count). The van der Waals surface area contributed by atoms with Gasteiger partial charge in [-0.2, -0.15) is 0 Å². The monoisotopic (exact) mass is 223 g/mol. The number of carbonyl (C=O) groups excluding carboxylic acids is 1. The Morgan fingerprint density at radius 3 is 2.56 bits per heavy atom. The van der Waals surface area contributed by atoms with Crippen LogP contribution < -0.4 is 4.90 Å². The Morgan fingerprint density at radius 2 is 2.12 bits per heavy atom. The number of phenolic OH excluding ortho intramolecular Hbond substituents is 1. The van der Waals surface area contributed by atoms with E-state index < -0.39 is 6.10 Å². The maximum absolute atomic E-state index is 11.1. The highest BCUT2D eigenvalue weighted by Crippen LogP contribution is 2.24. The molecule has 1 aromatic rings. The Bertz CT molecular complexity index is 388. The Balaban J connectivity index is 2.92. The van der Waals surface area contributed by atoms with E-state index in [9.17, 15) is 15.0 Å². The van der Waals surface area contributed by atoms with Crippen LogP contribution in [0.2, 0.25) is 0 Å². The molecule has 16 heavy (non-hydrogen) atoms. The fraction of sp³-hybridized carbons (Fsp3) is 0.417. The lowest BCUT2D eigenvalue weighted by Gasteiger charge is -2.21. The third kappa shape index (κ3) is 2.97. The summed E-state index contributed by atoms with van der Waals surface area (Å²) in [5.41, 5.74) is 1.08. The highest BCUT2D eigenvalue weighted by molar-refractivity contribution is 5.97. The number of aliphatic hydroxyl groups excluding tert-OH is 1. The first-order chi connectivity index (χ1) is 7.41. The third-order valence-electron chi connectivity index (χ3n) is 2.34. The predicted molar refractivity (Wildman–Crippen MR) is 63.1 cm³/mol. The Morgan fingerprint density at radius 1 is 1.50 bits per heavy atom. The molecule has 4 heteroatoms. The van der Waals surface area contributed by atoms with Crippen molar-refractivity contribution < 1.29 is 15.0 Å². The molecule has 0 saturated heterocycles. The molecule has 0 spiro atoms. The van der Waals surface area contributed by atoms with Gasteiger partial charge in [0, 0.05) is 25.3 Å². The van der Waals surface area contributed by atoms with E-state index in [0.717, 1.165) is 5.69 Å². The fourth-order valence-corrected chi connectivity index (χ4v) is 1.56. The number of carbonyl (C=O) groups is 1. The lowest BCUT2D eigenvalue weighted by Crippen LogP contribution is -2.26. The summed E-state index contributed by atoms with van der Waals surface area (Å²) >= 11 is 0. The van der Waals surface area contributed by atoms with Crippen LogP contribution in [0, 0.1) is 0 Å². The number of rotatable bonds is 4. The molecule has 0 aliphatic rings. The van der Waals surface area contributed by atoms with E-state index in [2.05, 4.69) is 0 Å². The first-order valence-corrected chi connectivity index (χ1v) is 5.15. The van der Waals surface area contributed by atoms with Crippen LogP contribution in [0.4, 0.5) is 5.69 Å². The molecular weight excluding hydrogens is 206 g/mol. The van der Waals surface area contributed by atoms with Gasteiger partial charge in [-0.25, -0.2) is 0 Å². The average Bonchev–Trinajstić information content (AvgIpc) is 2.15. The first kappa shape index (κ1) is 12.5. The number of anilines is 1. The zero-order chi connectivity index (χ0) is 12.3. The molecule has 1 unspecified atom stereocenters. The van der Waals surface area contributed by atoms with Gasteiger partial charge in [0.2, 0.25) is 0 Å². The number of hydrogen-bond acceptors (Lipinski definition) is 4. The van der Waals surface area contributed by atoms with Gasteiger partial charge in [-0.15, -0.1) is 0 Å². The zero-order valence-corrected chi connectivity index (χ0v) is 9.77. The summed E-state index contributed by atoms with van der Waals surface area (Å²) in [6.45, 7) is 3.58. The number of benzene rings is 1. The van der Waals surface area contributed by atoms with Gasteiger partial charge in [0.25, 0.3) is 0 Å². The fourth-order valence-electron chi connectivity index (χ4n) is 1.56. The van der Waals surface area contributed by atoms with Crippen molar-refractivity contribution in [3.8, 4) is 5.75 Å². The quantitative estimate of drug-likeness (QED) is 0.758. The summed E-state index contributed by atoms with van der Waals surface area (Å²) in [7, 11) is 1.81. The van der Waals surface area contributed by atoms with Gasteiger partial charge in [-0.3, -0.25) is 4.79 Å². The van der Waals surface area contributed by atoms with E-state index in [-0.39, 0.29) is 11.5 Å². The van der Waals surface area contributed by atoms with E-state index in [0.29, 0.717) is 12.1 Å². The number of aliphatic hydroxyl groups is 1. The summed E-state index contributed by atoms with van der Waals surface area (Å²) in [5, 5.41) is 18.9. The normalized spacial score (nSPS) is 12.2. The molecule has 0 aliphatic heterocycles. The van der Waals surface area contributed by atoms with E-state index >= 15 is 0 Å². The number of aromatic hydroxyl groups is 1. The van der Waals surface area contributed by atoms with Crippen LogP contribution in [-0.4, -0.2) is 35.7 Å². The van der Waals surface area contributed by atoms with Gasteiger partial charge < -0.3 is 15.1 Å². The Hall–Kier alpha value is -1.55. The van der Waals surface area contributed by atoms with Crippen molar-refractivity contribution in [3.63, 3.8) is 0 Å². The second kappa shape index (κ2) is 4.99. The van der Waals surface area contributed by atoms with Crippen molar-refractivity contribution in [2.75, 3.05) is 18.5 Å². The zero-order valence-electron chi connectivity index (χ0n) is 9.77. The highest BCUT2D eigenvalue weighted by Gasteiger charge is 2.10. The maximum Gasteiger partial charge on any atom is 0.163 e. The molecule has 0 bridgehead atoms. The topological polar surface area (TPSA) is 60.8 Å². The molecule has 0 aliphatic carbocycles. The van der Waals surface area contributed by atoms with Crippen LogP contribution in [0.3, 0.4) is 0 Å². The summed E-state index contributed by atoms with van der Waals surface area (Å²) in [4.78, 5) is 12.9. The van der Waals surface area contributed by atoms with Gasteiger partial charge >= 0.3 is 0 Å². The van der Waals surface area contributed by atoms with Crippen molar-refractivity contribution >= 4 is 11.5 Å². The van der Waals surface area contributed by atoms with E-state index in [1.54, 1.807) is 19.1 Å². The minimum absolute atomic E-state index is 0.0255. The van der Waals surface area contributed by atoms with Crippen LogP contribution >= 0.6 is 0 Å². The third-order valence-corrected chi connectivity index (χ3v) is 2.34. The lowest BCUT2D eigenvalue weighted by atomic mass is 10.1. The minimum atomic E-state index is -0.445. The number of likely N-dealkylation sites (N-methyl/N-ethyl adjacent to an activating group) is 1. The van der Waals surface area contributed by atoms with Crippen molar-refractivity contribution in [2.24, 2.45) is 0 Å². The number of ketones is 1. The van der Waals surface area contributed by atoms with Gasteiger partial charge in [0.15, 0.2) is 5.78 Å². The standard InChI is InChI=1S/C12H17NO3/c1-8(14)7-13(3)10-4-5-11(9(2)15)12(16)6-10/h4-6,8,14,16H,7H2,1-3H3. The molecule has 1 atom stereocenters. The molecule has 0 saturated carbocycles. The van der Waals surface area contributed by atoms with E-state index in [4.69, 9.17) is 0 Å². The minimum Gasteiger partial charge on any atom is -0.507 e. The van der Waals surface area contributed by atoms with Crippen LogP contribution in [0.15, 0.2) is 18.2 Å². The highest BCUT2D eigenvalue weighted by atomic mass is 16.3. The molecule has 0 amide bonds. The van der Waals surface area contributed by atoms with Gasteiger partial charge in [0.1, 0.15) is 5.75 Å². The molecule has 0 radical (unpaired) electrons. The number of hydrogen-bond donors (Lipinski definition) is 2. The van der Waals surface area contributed by atoms with Gasteiger partial charge in [0.05, 0.1) is 11.7 Å². The van der Waals surface area contributed by atoms with Crippen molar-refractivity contribution in [1.82, 2.24) is 0 Å².